The summed E-state index contributed by atoms with van der Waals surface area (Å²) in [6.45, 7) is 2.28. The predicted octanol–water partition coefficient (Wildman–Crippen LogP) is 0.883. The Morgan fingerprint density at radius 3 is 2.40 bits per heavy atom. The zero-order chi connectivity index (χ0) is 18.6. The SMILES string of the molecule is CN(C)C(=O)[C@@H]1CN(C(=O)CCN(C)c2ccc(F)cc2)CCN1C. The van der Waals surface area contributed by atoms with E-state index < -0.39 is 0 Å². The first kappa shape index (κ1) is 19.2. The van der Waals surface area contributed by atoms with Gasteiger partial charge >= 0.3 is 0 Å². The van der Waals surface area contributed by atoms with Gasteiger partial charge in [0.1, 0.15) is 11.9 Å². The minimum atomic E-state index is -0.289. The minimum Gasteiger partial charge on any atom is -0.374 e. The van der Waals surface area contributed by atoms with Crippen LogP contribution in [0.15, 0.2) is 24.3 Å². The molecule has 0 bridgehead atoms. The molecule has 0 radical (unpaired) electrons. The Morgan fingerprint density at radius 2 is 1.80 bits per heavy atom. The third-order valence-electron chi connectivity index (χ3n) is 4.66. The highest BCUT2D eigenvalue weighted by Gasteiger charge is 2.32. The van der Waals surface area contributed by atoms with E-state index in [1.807, 2.05) is 23.9 Å². The van der Waals surface area contributed by atoms with Gasteiger partial charge in [-0.05, 0) is 31.3 Å². The molecule has 25 heavy (non-hydrogen) atoms. The Bertz CT molecular complexity index is 606. The van der Waals surface area contributed by atoms with Crippen LogP contribution in [0, 0.1) is 5.82 Å². The Balaban J connectivity index is 1.89. The van der Waals surface area contributed by atoms with Crippen molar-refractivity contribution in [1.82, 2.24) is 14.7 Å². The zero-order valence-electron chi connectivity index (χ0n) is 15.4. The van der Waals surface area contributed by atoms with Crippen LogP contribution in [0.25, 0.3) is 0 Å². The van der Waals surface area contributed by atoms with Gasteiger partial charge in [0.05, 0.1) is 0 Å². The number of carbonyl (C=O) groups is 2. The molecule has 1 saturated heterocycles. The van der Waals surface area contributed by atoms with Crippen molar-refractivity contribution >= 4 is 17.5 Å². The van der Waals surface area contributed by atoms with Gasteiger partial charge < -0.3 is 14.7 Å². The number of anilines is 1. The Hall–Kier alpha value is -2.15. The zero-order valence-corrected chi connectivity index (χ0v) is 15.4. The summed E-state index contributed by atoms with van der Waals surface area (Å²) in [6.07, 6.45) is 0.362. The smallest absolute Gasteiger partial charge is 0.241 e. The average molecular weight is 350 g/mol. The lowest BCUT2D eigenvalue weighted by Crippen LogP contribution is -2.58. The van der Waals surface area contributed by atoms with Crippen molar-refractivity contribution in [3.63, 3.8) is 0 Å². The lowest BCUT2D eigenvalue weighted by atomic mass is 10.1. The van der Waals surface area contributed by atoms with Gasteiger partial charge in [-0.1, -0.05) is 0 Å². The molecule has 0 unspecified atom stereocenters. The monoisotopic (exact) mass is 350 g/mol. The lowest BCUT2D eigenvalue weighted by molar-refractivity contribution is -0.141. The van der Waals surface area contributed by atoms with E-state index in [0.717, 1.165) is 5.69 Å². The molecule has 1 heterocycles. The Kier molecular flexibility index (Phi) is 6.36. The van der Waals surface area contributed by atoms with Crippen molar-refractivity contribution in [2.45, 2.75) is 12.5 Å². The molecule has 0 spiro atoms. The molecule has 1 atom stereocenters. The van der Waals surface area contributed by atoms with Gasteiger partial charge in [0, 0.05) is 59.4 Å². The number of hydrogen-bond acceptors (Lipinski definition) is 4. The first-order valence-electron chi connectivity index (χ1n) is 8.45. The van der Waals surface area contributed by atoms with Gasteiger partial charge in [0.2, 0.25) is 11.8 Å². The van der Waals surface area contributed by atoms with Crippen LogP contribution in [-0.2, 0) is 9.59 Å². The second-order valence-electron chi connectivity index (χ2n) is 6.72. The summed E-state index contributed by atoms with van der Waals surface area (Å²) < 4.78 is 13.0. The summed E-state index contributed by atoms with van der Waals surface area (Å²) in [6, 6.07) is 5.92. The number of halogens is 1. The summed E-state index contributed by atoms with van der Waals surface area (Å²) in [4.78, 5) is 32.0. The van der Waals surface area contributed by atoms with Crippen LogP contribution in [0.4, 0.5) is 10.1 Å². The molecular weight excluding hydrogens is 323 g/mol. The molecule has 6 nitrogen and oxygen atoms in total. The van der Waals surface area contributed by atoms with E-state index in [4.69, 9.17) is 0 Å². The predicted molar refractivity (Wildman–Crippen MR) is 96.0 cm³/mol. The van der Waals surface area contributed by atoms with Crippen LogP contribution in [0.3, 0.4) is 0 Å². The highest BCUT2D eigenvalue weighted by atomic mass is 19.1. The van der Waals surface area contributed by atoms with Crippen molar-refractivity contribution in [3.8, 4) is 0 Å². The van der Waals surface area contributed by atoms with Gasteiger partial charge in [0.15, 0.2) is 0 Å². The highest BCUT2D eigenvalue weighted by Crippen LogP contribution is 2.15. The fraction of sp³-hybridized carbons (Fsp3) is 0.556. The van der Waals surface area contributed by atoms with Crippen LogP contribution in [-0.4, -0.2) is 86.9 Å². The van der Waals surface area contributed by atoms with Gasteiger partial charge in [-0.3, -0.25) is 14.5 Å². The second-order valence-corrected chi connectivity index (χ2v) is 6.72. The summed E-state index contributed by atoms with van der Waals surface area (Å²) in [7, 11) is 7.25. The van der Waals surface area contributed by atoms with E-state index in [-0.39, 0.29) is 23.7 Å². The van der Waals surface area contributed by atoms with E-state index in [1.165, 1.54) is 12.1 Å². The van der Waals surface area contributed by atoms with E-state index >= 15 is 0 Å². The maximum Gasteiger partial charge on any atom is 0.241 e. The quantitative estimate of drug-likeness (QED) is 0.791. The largest absolute Gasteiger partial charge is 0.374 e. The van der Waals surface area contributed by atoms with Crippen molar-refractivity contribution in [2.24, 2.45) is 0 Å². The Morgan fingerprint density at radius 1 is 1.16 bits per heavy atom. The topological polar surface area (TPSA) is 47.1 Å². The van der Waals surface area contributed by atoms with Crippen molar-refractivity contribution in [1.29, 1.82) is 0 Å². The molecule has 1 aromatic rings. The molecule has 0 saturated carbocycles. The molecule has 1 aliphatic heterocycles. The molecular formula is C18H27FN4O2. The molecule has 138 valence electrons. The van der Waals surface area contributed by atoms with Gasteiger partial charge in [-0.25, -0.2) is 4.39 Å². The normalized spacial score (nSPS) is 18.1. The maximum atomic E-state index is 13.0. The number of likely N-dealkylation sites (N-methyl/N-ethyl adjacent to an activating group) is 2. The molecule has 7 heteroatoms. The van der Waals surface area contributed by atoms with Gasteiger partial charge in [-0.15, -0.1) is 0 Å². The molecule has 1 aliphatic rings. The summed E-state index contributed by atoms with van der Waals surface area (Å²) in [5.74, 6) is -0.218. The first-order valence-corrected chi connectivity index (χ1v) is 8.45. The van der Waals surface area contributed by atoms with Crippen molar-refractivity contribution < 1.29 is 14.0 Å². The third-order valence-corrected chi connectivity index (χ3v) is 4.66. The van der Waals surface area contributed by atoms with Gasteiger partial charge in [0.25, 0.3) is 0 Å². The number of amides is 2. The average Bonchev–Trinajstić information content (AvgIpc) is 2.59. The third kappa shape index (κ3) is 4.92. The van der Waals surface area contributed by atoms with Crippen molar-refractivity contribution in [3.05, 3.63) is 30.1 Å². The van der Waals surface area contributed by atoms with E-state index in [0.29, 0.717) is 32.6 Å². The fourth-order valence-electron chi connectivity index (χ4n) is 2.91. The molecule has 1 aromatic carbocycles. The van der Waals surface area contributed by atoms with Crippen LogP contribution in [0.1, 0.15) is 6.42 Å². The highest BCUT2D eigenvalue weighted by molar-refractivity contribution is 5.83. The molecule has 2 rings (SSSR count). The lowest BCUT2D eigenvalue weighted by Gasteiger charge is -2.39. The molecule has 2 amide bonds. The van der Waals surface area contributed by atoms with Crippen molar-refractivity contribution in [2.75, 3.05) is 59.3 Å². The summed E-state index contributed by atoms with van der Waals surface area (Å²) in [5.41, 5.74) is 0.869. The van der Waals surface area contributed by atoms with Crippen LogP contribution in [0.5, 0.6) is 0 Å². The number of rotatable bonds is 5. The summed E-state index contributed by atoms with van der Waals surface area (Å²) >= 11 is 0. The van der Waals surface area contributed by atoms with Gasteiger partial charge in [-0.2, -0.15) is 0 Å². The Labute approximate surface area is 148 Å². The van der Waals surface area contributed by atoms with Crippen LogP contribution < -0.4 is 4.90 Å². The molecule has 0 aromatic heterocycles. The first-order chi connectivity index (χ1) is 11.8. The van der Waals surface area contributed by atoms with E-state index in [1.54, 1.807) is 36.0 Å². The number of nitrogens with zero attached hydrogens (tertiary/aromatic N) is 4. The fourth-order valence-corrected chi connectivity index (χ4v) is 2.91. The molecule has 0 N–H and O–H groups in total. The standard InChI is InChI=1S/C18H27FN4O2/c1-20(2)18(25)16-13-23(12-11-22(16)4)17(24)9-10-21(3)15-7-5-14(19)6-8-15/h5-8,16H,9-13H2,1-4H3/t16-/m0/s1. The summed E-state index contributed by atoms with van der Waals surface area (Å²) in [5, 5.41) is 0. The van der Waals surface area contributed by atoms with E-state index in [9.17, 15) is 14.0 Å². The number of benzene rings is 1. The number of carbonyl (C=O) groups excluding carboxylic acids is 2. The van der Waals surface area contributed by atoms with Crippen LogP contribution in [0.2, 0.25) is 0 Å². The molecule has 0 aliphatic carbocycles. The van der Waals surface area contributed by atoms with E-state index in [2.05, 4.69) is 0 Å². The number of piperazine rings is 1. The minimum absolute atomic E-state index is 0.0171. The second kappa shape index (κ2) is 8.29. The van der Waals surface area contributed by atoms with Crippen LogP contribution >= 0.6 is 0 Å². The maximum absolute atomic E-state index is 13.0. The number of hydrogen-bond donors (Lipinski definition) is 0. The molecule has 1 fully saturated rings.